The second-order valence-electron chi connectivity index (χ2n) is 9.21. The van der Waals surface area contributed by atoms with Crippen LogP contribution in [-0.4, -0.2) is 13.2 Å². The molecule has 0 atom stereocenters. The first-order valence-corrected chi connectivity index (χ1v) is 13.8. The van der Waals surface area contributed by atoms with Crippen molar-refractivity contribution in [3.05, 3.63) is 59.2 Å². The molecular weight excluding hydrogens is 442 g/mol. The van der Waals surface area contributed by atoms with Gasteiger partial charge in [0.15, 0.2) is 23.1 Å². The maximum absolute atomic E-state index is 13.6. The molecule has 0 heterocycles. The van der Waals surface area contributed by atoms with Crippen LogP contribution in [0.15, 0.2) is 36.4 Å². The van der Waals surface area contributed by atoms with E-state index in [9.17, 15) is 8.78 Å². The van der Waals surface area contributed by atoms with Gasteiger partial charge in [-0.3, -0.25) is 0 Å². The van der Waals surface area contributed by atoms with Crippen molar-refractivity contribution in [1.29, 1.82) is 0 Å². The summed E-state index contributed by atoms with van der Waals surface area (Å²) >= 11 is 0. The molecule has 2 aromatic carbocycles. The number of ether oxygens (including phenoxy) is 2. The summed E-state index contributed by atoms with van der Waals surface area (Å²) in [5, 5.41) is 0. The first-order valence-electron chi connectivity index (χ1n) is 13.8. The second-order valence-corrected chi connectivity index (χ2v) is 9.21. The minimum Gasteiger partial charge on any atom is -0.491 e. The normalized spacial score (nSPS) is 10.9. The molecule has 0 bridgehead atoms. The lowest BCUT2D eigenvalue weighted by atomic mass is 9.90. The Hall–Kier alpha value is -2.10. The van der Waals surface area contributed by atoms with Crippen LogP contribution in [0.1, 0.15) is 122 Å². The number of rotatable bonds is 15. The van der Waals surface area contributed by atoms with Crippen molar-refractivity contribution >= 4 is 0 Å². The van der Waals surface area contributed by atoms with Gasteiger partial charge in [-0.05, 0) is 86.3 Å². The average molecular weight is 491 g/mol. The zero-order chi connectivity index (χ0) is 26.1. The lowest BCUT2D eigenvalue weighted by Gasteiger charge is -2.17. The quantitative estimate of drug-likeness (QED) is 0.247. The molecule has 0 aliphatic rings. The summed E-state index contributed by atoms with van der Waals surface area (Å²) in [6.45, 7) is 13.8. The number of benzene rings is 2. The topological polar surface area (TPSA) is 18.5 Å². The third-order valence-corrected chi connectivity index (χ3v) is 6.16. The van der Waals surface area contributed by atoms with Gasteiger partial charge in [0.1, 0.15) is 0 Å². The first-order chi connectivity index (χ1) is 16.9. The Bertz CT molecular complexity index is 810. The van der Waals surface area contributed by atoms with Gasteiger partial charge >= 0.3 is 0 Å². The fraction of sp³-hybridized carbons (Fsp3) is 0.613. The van der Waals surface area contributed by atoms with Crippen molar-refractivity contribution in [3.8, 4) is 11.5 Å². The summed E-state index contributed by atoms with van der Waals surface area (Å²) in [7, 11) is 0. The SMILES string of the molecule is CCCC(CCC)c1ccc(F)c(OCC)c1.CCCOc1cc(C(CCC)CCC)ccc1F. The van der Waals surface area contributed by atoms with E-state index < -0.39 is 0 Å². The predicted octanol–water partition coefficient (Wildman–Crippen LogP) is 10.2. The predicted molar refractivity (Wildman–Crippen MR) is 145 cm³/mol. The van der Waals surface area contributed by atoms with Gasteiger partial charge in [-0.25, -0.2) is 8.78 Å². The van der Waals surface area contributed by atoms with Crippen LogP contribution < -0.4 is 9.47 Å². The Kier molecular flexibility index (Phi) is 16.1. The molecule has 0 unspecified atom stereocenters. The minimum absolute atomic E-state index is 0.251. The van der Waals surface area contributed by atoms with E-state index in [0.29, 0.717) is 36.5 Å². The molecular formula is C31H48F2O2. The molecule has 0 radical (unpaired) electrons. The zero-order valence-electron chi connectivity index (χ0n) is 23.0. The van der Waals surface area contributed by atoms with E-state index in [1.54, 1.807) is 6.07 Å². The molecule has 0 fully saturated rings. The number of hydrogen-bond acceptors (Lipinski definition) is 2. The highest BCUT2D eigenvalue weighted by molar-refractivity contribution is 5.33. The molecule has 0 saturated heterocycles. The van der Waals surface area contributed by atoms with Gasteiger partial charge in [-0.1, -0.05) is 72.4 Å². The second kappa shape index (κ2) is 18.2. The van der Waals surface area contributed by atoms with Gasteiger partial charge in [0.2, 0.25) is 0 Å². The van der Waals surface area contributed by atoms with Gasteiger partial charge in [-0.2, -0.15) is 0 Å². The Morgan fingerprint density at radius 3 is 1.31 bits per heavy atom. The fourth-order valence-electron chi connectivity index (χ4n) is 4.49. The standard InChI is InChI=1S/C16H25FO.C15H23FO/c1-4-7-13(8-5-2)14-9-10-15(17)16(12-14)18-11-6-3;1-4-7-12(8-5-2)13-9-10-14(16)15(11-13)17-6-3/h9-10,12-13H,4-8,11H2,1-3H3;9-12H,4-8H2,1-3H3. The lowest BCUT2D eigenvalue weighted by molar-refractivity contribution is 0.300. The maximum atomic E-state index is 13.6. The van der Waals surface area contributed by atoms with Crippen LogP contribution >= 0.6 is 0 Å². The average Bonchev–Trinajstić information content (AvgIpc) is 2.85. The van der Waals surface area contributed by atoms with Crippen LogP contribution in [-0.2, 0) is 0 Å². The van der Waals surface area contributed by atoms with Gasteiger partial charge in [0.05, 0.1) is 13.2 Å². The highest BCUT2D eigenvalue weighted by atomic mass is 19.1. The first kappa shape index (κ1) is 30.9. The number of halogens is 2. The van der Waals surface area contributed by atoms with Crippen LogP contribution in [0.5, 0.6) is 11.5 Å². The third-order valence-electron chi connectivity index (χ3n) is 6.16. The van der Waals surface area contributed by atoms with E-state index in [-0.39, 0.29) is 11.6 Å². The molecule has 4 heteroatoms. The highest BCUT2D eigenvalue weighted by Crippen LogP contribution is 2.31. The molecule has 0 N–H and O–H groups in total. The molecule has 0 aliphatic carbocycles. The molecule has 0 aromatic heterocycles. The van der Waals surface area contributed by atoms with E-state index in [2.05, 4.69) is 27.7 Å². The Balaban J connectivity index is 0.000000351. The summed E-state index contributed by atoms with van der Waals surface area (Å²) in [4.78, 5) is 0. The summed E-state index contributed by atoms with van der Waals surface area (Å²) in [6.07, 6.45) is 10.2. The molecule has 0 saturated carbocycles. The van der Waals surface area contributed by atoms with E-state index in [0.717, 1.165) is 57.8 Å². The van der Waals surface area contributed by atoms with Crippen molar-refractivity contribution < 1.29 is 18.3 Å². The Morgan fingerprint density at radius 1 is 0.571 bits per heavy atom. The smallest absolute Gasteiger partial charge is 0.165 e. The molecule has 2 aromatic rings. The summed E-state index contributed by atoms with van der Waals surface area (Å²) in [6, 6.07) is 10.6. The highest BCUT2D eigenvalue weighted by Gasteiger charge is 2.14. The van der Waals surface area contributed by atoms with Crippen molar-refractivity contribution in [2.24, 2.45) is 0 Å². The summed E-state index contributed by atoms with van der Waals surface area (Å²) < 4.78 is 37.8. The van der Waals surface area contributed by atoms with Crippen molar-refractivity contribution in [2.45, 2.75) is 111 Å². The van der Waals surface area contributed by atoms with Crippen molar-refractivity contribution in [1.82, 2.24) is 0 Å². The Morgan fingerprint density at radius 2 is 0.971 bits per heavy atom. The zero-order valence-corrected chi connectivity index (χ0v) is 23.0. The fourth-order valence-corrected chi connectivity index (χ4v) is 4.49. The minimum atomic E-state index is -0.262. The molecule has 0 aliphatic heterocycles. The summed E-state index contributed by atoms with van der Waals surface area (Å²) in [5.74, 6) is 1.35. The lowest BCUT2D eigenvalue weighted by Crippen LogP contribution is -2.02. The molecule has 0 amide bonds. The van der Waals surface area contributed by atoms with Gasteiger partial charge in [0, 0.05) is 0 Å². The number of hydrogen-bond donors (Lipinski definition) is 0. The molecule has 198 valence electrons. The van der Waals surface area contributed by atoms with Gasteiger partial charge in [-0.15, -0.1) is 0 Å². The van der Waals surface area contributed by atoms with Crippen molar-refractivity contribution in [2.75, 3.05) is 13.2 Å². The van der Waals surface area contributed by atoms with Crippen molar-refractivity contribution in [3.63, 3.8) is 0 Å². The van der Waals surface area contributed by atoms with Crippen LogP contribution in [0.4, 0.5) is 8.78 Å². The maximum Gasteiger partial charge on any atom is 0.165 e. The van der Waals surface area contributed by atoms with E-state index >= 15 is 0 Å². The van der Waals surface area contributed by atoms with Gasteiger partial charge in [0.25, 0.3) is 0 Å². The van der Waals surface area contributed by atoms with E-state index in [4.69, 9.17) is 9.47 Å². The monoisotopic (exact) mass is 490 g/mol. The molecule has 35 heavy (non-hydrogen) atoms. The van der Waals surface area contributed by atoms with Crippen LogP contribution in [0, 0.1) is 11.6 Å². The van der Waals surface area contributed by atoms with Crippen LogP contribution in [0.2, 0.25) is 0 Å². The van der Waals surface area contributed by atoms with Gasteiger partial charge < -0.3 is 9.47 Å². The van der Waals surface area contributed by atoms with Crippen LogP contribution in [0.3, 0.4) is 0 Å². The summed E-state index contributed by atoms with van der Waals surface area (Å²) in [5.41, 5.74) is 2.42. The van der Waals surface area contributed by atoms with E-state index in [1.807, 2.05) is 38.1 Å². The molecule has 2 nitrogen and oxygen atoms in total. The van der Waals surface area contributed by atoms with E-state index in [1.165, 1.54) is 17.2 Å². The third kappa shape index (κ3) is 11.0. The van der Waals surface area contributed by atoms with Crippen LogP contribution in [0.25, 0.3) is 0 Å². The molecule has 0 spiro atoms. The Labute approximate surface area is 213 Å². The largest absolute Gasteiger partial charge is 0.491 e. The molecule has 2 rings (SSSR count).